The summed E-state index contributed by atoms with van der Waals surface area (Å²) in [5, 5.41) is 4.06. The Hall–Kier alpha value is -1.89. The van der Waals surface area contributed by atoms with Crippen molar-refractivity contribution in [3.63, 3.8) is 0 Å². The van der Waals surface area contributed by atoms with Gasteiger partial charge >= 0.3 is 0 Å². The molecule has 2 fully saturated rings. The fraction of sp³-hybridized carbons (Fsp3) is 0.476. The number of anilines is 1. The Labute approximate surface area is 180 Å². The highest BCUT2D eigenvalue weighted by molar-refractivity contribution is 6.42. The molecule has 2 saturated heterocycles. The number of carbonyl (C=O) groups is 1. The second-order valence-electron chi connectivity index (χ2n) is 7.59. The number of aromatic nitrogens is 2. The van der Waals surface area contributed by atoms with Gasteiger partial charge in [-0.2, -0.15) is 0 Å². The molecule has 0 aliphatic carbocycles. The molecular formula is C21H24Cl2N4O2. The van der Waals surface area contributed by atoms with E-state index in [-0.39, 0.29) is 18.4 Å². The molecule has 0 bridgehead atoms. The molecule has 1 N–H and O–H groups in total. The molecule has 2 aromatic rings. The largest absolute Gasteiger partial charge is 0.381 e. The van der Waals surface area contributed by atoms with Gasteiger partial charge in [0.1, 0.15) is 0 Å². The molecule has 29 heavy (non-hydrogen) atoms. The summed E-state index contributed by atoms with van der Waals surface area (Å²) in [4.78, 5) is 23.8. The zero-order valence-corrected chi connectivity index (χ0v) is 17.6. The van der Waals surface area contributed by atoms with Crippen LogP contribution in [0, 0.1) is 0 Å². The van der Waals surface area contributed by atoms with Gasteiger partial charge in [0.25, 0.3) is 0 Å². The summed E-state index contributed by atoms with van der Waals surface area (Å²) < 4.78 is 5.45. The normalized spacial score (nSPS) is 20.1. The fourth-order valence-corrected chi connectivity index (χ4v) is 4.23. The molecule has 1 amide bonds. The summed E-state index contributed by atoms with van der Waals surface area (Å²) in [5.74, 6) is 1.16. The van der Waals surface area contributed by atoms with Gasteiger partial charge in [0, 0.05) is 50.2 Å². The smallest absolute Gasteiger partial charge is 0.225 e. The molecule has 1 aromatic heterocycles. The predicted molar refractivity (Wildman–Crippen MR) is 114 cm³/mol. The number of rotatable bonds is 5. The van der Waals surface area contributed by atoms with Crippen molar-refractivity contribution in [1.82, 2.24) is 15.3 Å². The number of hydrogen-bond acceptors (Lipinski definition) is 5. The highest BCUT2D eigenvalue weighted by atomic mass is 35.5. The first-order valence-electron chi connectivity index (χ1n) is 9.97. The molecular weight excluding hydrogens is 411 g/mol. The maximum Gasteiger partial charge on any atom is 0.225 e. The van der Waals surface area contributed by atoms with Crippen LogP contribution in [0.1, 0.15) is 36.4 Å². The maximum absolute atomic E-state index is 12.4. The van der Waals surface area contributed by atoms with Crippen molar-refractivity contribution in [1.29, 1.82) is 0 Å². The number of benzene rings is 1. The molecule has 1 atom stereocenters. The van der Waals surface area contributed by atoms with E-state index in [1.807, 2.05) is 18.3 Å². The van der Waals surface area contributed by atoms with Crippen LogP contribution < -0.4 is 10.2 Å². The molecule has 0 spiro atoms. The number of carbonyl (C=O) groups excluding carboxylic acids is 1. The number of hydrogen-bond donors (Lipinski definition) is 1. The van der Waals surface area contributed by atoms with E-state index in [2.05, 4.69) is 15.2 Å². The minimum atomic E-state index is -0.0212. The molecule has 8 heteroatoms. The Balaban J connectivity index is 1.33. The Morgan fingerprint density at radius 1 is 1.17 bits per heavy atom. The van der Waals surface area contributed by atoms with Crippen molar-refractivity contribution in [3.05, 3.63) is 51.8 Å². The second-order valence-corrected chi connectivity index (χ2v) is 8.41. The van der Waals surface area contributed by atoms with Crippen molar-refractivity contribution >= 4 is 35.1 Å². The SMILES string of the molecule is O=C(Cc1ccc(Cl)c(Cl)c1)NC1CCN(c2nccc(C3CCOCC3)n2)C1. The van der Waals surface area contributed by atoms with Gasteiger partial charge in [0.2, 0.25) is 11.9 Å². The molecule has 154 valence electrons. The first-order valence-corrected chi connectivity index (χ1v) is 10.7. The van der Waals surface area contributed by atoms with E-state index in [4.69, 9.17) is 32.9 Å². The van der Waals surface area contributed by atoms with Crippen LogP contribution in [0.2, 0.25) is 10.0 Å². The quantitative estimate of drug-likeness (QED) is 0.777. The molecule has 6 nitrogen and oxygen atoms in total. The third-order valence-corrected chi connectivity index (χ3v) is 6.23. The number of nitrogens with zero attached hydrogens (tertiary/aromatic N) is 3. The van der Waals surface area contributed by atoms with Crippen LogP contribution in [-0.4, -0.2) is 48.2 Å². The first kappa shape index (κ1) is 20.4. The second kappa shape index (κ2) is 9.28. The molecule has 0 saturated carbocycles. The van der Waals surface area contributed by atoms with Gasteiger partial charge in [-0.05, 0) is 43.0 Å². The van der Waals surface area contributed by atoms with Gasteiger partial charge in [0.05, 0.1) is 16.5 Å². The summed E-state index contributed by atoms with van der Waals surface area (Å²) in [6.07, 6.45) is 5.00. The summed E-state index contributed by atoms with van der Waals surface area (Å²) in [7, 11) is 0. The molecule has 2 aliphatic heterocycles. The molecule has 2 aliphatic rings. The van der Waals surface area contributed by atoms with Gasteiger partial charge < -0.3 is 15.0 Å². The third-order valence-electron chi connectivity index (χ3n) is 5.49. The highest BCUT2D eigenvalue weighted by Gasteiger charge is 2.26. The van der Waals surface area contributed by atoms with E-state index < -0.39 is 0 Å². The lowest BCUT2D eigenvalue weighted by atomic mass is 9.96. The summed E-state index contributed by atoms with van der Waals surface area (Å²) in [6, 6.07) is 7.36. The molecule has 4 rings (SSSR count). The zero-order valence-electron chi connectivity index (χ0n) is 16.1. The van der Waals surface area contributed by atoms with Crippen molar-refractivity contribution in [2.45, 2.75) is 37.6 Å². The minimum absolute atomic E-state index is 0.0212. The van der Waals surface area contributed by atoms with E-state index in [1.165, 1.54) is 0 Å². The molecule has 3 heterocycles. The van der Waals surface area contributed by atoms with Crippen LogP contribution in [0.15, 0.2) is 30.5 Å². The topological polar surface area (TPSA) is 67.4 Å². The Morgan fingerprint density at radius 2 is 2.00 bits per heavy atom. The van der Waals surface area contributed by atoms with Crippen molar-refractivity contribution in [3.8, 4) is 0 Å². The molecule has 1 aromatic carbocycles. The van der Waals surface area contributed by atoms with Crippen LogP contribution in [0.4, 0.5) is 5.95 Å². The molecule has 0 radical (unpaired) electrons. The average molecular weight is 435 g/mol. The number of halogens is 2. The van der Waals surface area contributed by atoms with E-state index in [9.17, 15) is 4.79 Å². The summed E-state index contributed by atoms with van der Waals surface area (Å²) in [6.45, 7) is 3.13. The Morgan fingerprint density at radius 3 is 2.79 bits per heavy atom. The standard InChI is InChI=1S/C21H24Cl2N4O2/c22-17-2-1-14(11-18(17)23)12-20(28)25-16-4-8-27(13-16)21-24-7-3-19(26-21)15-5-9-29-10-6-15/h1-3,7,11,15-16H,4-6,8-10,12-13H2,(H,25,28). The maximum atomic E-state index is 12.4. The minimum Gasteiger partial charge on any atom is -0.381 e. The average Bonchev–Trinajstić information content (AvgIpc) is 3.20. The Kier molecular flexibility index (Phi) is 6.53. The fourth-order valence-electron chi connectivity index (χ4n) is 3.91. The Bertz CT molecular complexity index is 874. The summed E-state index contributed by atoms with van der Waals surface area (Å²) >= 11 is 12.0. The monoisotopic (exact) mass is 434 g/mol. The predicted octanol–water partition coefficient (Wildman–Crippen LogP) is 3.62. The lowest BCUT2D eigenvalue weighted by molar-refractivity contribution is -0.121. The van der Waals surface area contributed by atoms with Gasteiger partial charge in [0.15, 0.2) is 0 Å². The van der Waals surface area contributed by atoms with Gasteiger partial charge in [-0.15, -0.1) is 0 Å². The van der Waals surface area contributed by atoms with Gasteiger partial charge in [-0.25, -0.2) is 9.97 Å². The van der Waals surface area contributed by atoms with E-state index in [0.717, 1.165) is 56.2 Å². The molecule has 1 unspecified atom stereocenters. The van der Waals surface area contributed by atoms with Crippen LogP contribution in [0.5, 0.6) is 0 Å². The lowest BCUT2D eigenvalue weighted by Gasteiger charge is -2.23. The van der Waals surface area contributed by atoms with Gasteiger partial charge in [-0.1, -0.05) is 29.3 Å². The van der Waals surface area contributed by atoms with Crippen molar-refractivity contribution < 1.29 is 9.53 Å². The van der Waals surface area contributed by atoms with Gasteiger partial charge in [-0.3, -0.25) is 4.79 Å². The van der Waals surface area contributed by atoms with Crippen molar-refractivity contribution in [2.75, 3.05) is 31.2 Å². The van der Waals surface area contributed by atoms with Crippen LogP contribution in [-0.2, 0) is 16.0 Å². The zero-order chi connectivity index (χ0) is 20.2. The highest BCUT2D eigenvalue weighted by Crippen LogP contribution is 2.27. The van der Waals surface area contributed by atoms with E-state index >= 15 is 0 Å². The first-order chi connectivity index (χ1) is 14.1. The van der Waals surface area contributed by atoms with Crippen molar-refractivity contribution in [2.24, 2.45) is 0 Å². The number of ether oxygens (including phenoxy) is 1. The van der Waals surface area contributed by atoms with Crippen LogP contribution >= 0.6 is 23.2 Å². The third kappa shape index (κ3) is 5.18. The van der Waals surface area contributed by atoms with E-state index in [0.29, 0.717) is 22.5 Å². The lowest BCUT2D eigenvalue weighted by Crippen LogP contribution is -2.38. The number of amides is 1. The van der Waals surface area contributed by atoms with Crippen LogP contribution in [0.25, 0.3) is 0 Å². The number of nitrogens with one attached hydrogen (secondary N) is 1. The summed E-state index contributed by atoms with van der Waals surface area (Å²) in [5.41, 5.74) is 1.93. The van der Waals surface area contributed by atoms with E-state index in [1.54, 1.807) is 12.1 Å². The van der Waals surface area contributed by atoms with Crippen LogP contribution in [0.3, 0.4) is 0 Å².